The van der Waals surface area contributed by atoms with Gasteiger partial charge in [-0.05, 0) is 29.8 Å². The number of hydrogen-bond acceptors (Lipinski definition) is 3. The van der Waals surface area contributed by atoms with Crippen LogP contribution in [0.5, 0.6) is 0 Å². The third kappa shape index (κ3) is 5.55. The van der Waals surface area contributed by atoms with Crippen LogP contribution in [0.25, 0.3) is 11.3 Å². The summed E-state index contributed by atoms with van der Waals surface area (Å²) in [4.78, 5) is 12.1. The molecule has 0 aliphatic heterocycles. The van der Waals surface area contributed by atoms with Gasteiger partial charge in [0, 0.05) is 33.1 Å². The first kappa shape index (κ1) is 21.6. The zero-order valence-corrected chi connectivity index (χ0v) is 18.4. The zero-order valence-electron chi connectivity index (χ0n) is 16.9. The molecule has 32 heavy (non-hydrogen) atoms. The average Bonchev–Trinajstić information content (AvgIpc) is 3.19. The predicted molar refractivity (Wildman–Crippen MR) is 129 cm³/mol. The van der Waals surface area contributed by atoms with Gasteiger partial charge in [-0.25, -0.2) is 10.2 Å². The molecule has 0 spiro atoms. The molecule has 4 aromatic rings. The van der Waals surface area contributed by atoms with Crippen LogP contribution < -0.4 is 10.7 Å². The highest BCUT2D eigenvalue weighted by molar-refractivity contribution is 6.35. The number of benzene rings is 3. The maximum absolute atomic E-state index is 12.1. The van der Waals surface area contributed by atoms with Gasteiger partial charge >= 0.3 is 6.03 Å². The number of anilines is 1. The lowest BCUT2D eigenvalue weighted by Crippen LogP contribution is -2.24. The summed E-state index contributed by atoms with van der Waals surface area (Å²) in [6, 6.07) is 23.8. The Labute approximate surface area is 195 Å². The molecule has 1 heterocycles. The molecule has 0 atom stereocenters. The number of hydrogen-bond donors (Lipinski definition) is 2. The number of halogens is 2. The molecule has 0 aliphatic rings. The first-order chi connectivity index (χ1) is 15.6. The van der Waals surface area contributed by atoms with E-state index in [0.717, 1.165) is 22.4 Å². The van der Waals surface area contributed by atoms with E-state index >= 15 is 0 Å². The molecular formula is C24H19Cl2N5O. The van der Waals surface area contributed by atoms with Crippen molar-refractivity contribution in [3.8, 4) is 11.3 Å². The first-order valence-electron chi connectivity index (χ1n) is 9.80. The average molecular weight is 464 g/mol. The Hall–Kier alpha value is -3.61. The molecule has 0 radical (unpaired) electrons. The lowest BCUT2D eigenvalue weighted by Gasteiger charge is -2.05. The van der Waals surface area contributed by atoms with E-state index in [0.29, 0.717) is 22.3 Å². The van der Waals surface area contributed by atoms with Crippen LogP contribution in [0.15, 0.2) is 90.2 Å². The van der Waals surface area contributed by atoms with Gasteiger partial charge in [-0.2, -0.15) is 10.2 Å². The fraction of sp³-hybridized carbons (Fsp3) is 0.0417. The highest BCUT2D eigenvalue weighted by Gasteiger charge is 2.11. The summed E-state index contributed by atoms with van der Waals surface area (Å²) in [5.74, 6) is 0. The van der Waals surface area contributed by atoms with Crippen molar-refractivity contribution in [3.05, 3.63) is 106 Å². The fourth-order valence-corrected chi connectivity index (χ4v) is 3.57. The largest absolute Gasteiger partial charge is 0.339 e. The summed E-state index contributed by atoms with van der Waals surface area (Å²) in [7, 11) is 0. The number of carbonyl (C=O) groups excluding carboxylic acids is 1. The molecule has 2 N–H and O–H groups in total. The van der Waals surface area contributed by atoms with Crippen LogP contribution in [-0.2, 0) is 6.54 Å². The van der Waals surface area contributed by atoms with Crippen molar-refractivity contribution in [1.82, 2.24) is 15.2 Å². The molecule has 2 amide bonds. The number of urea groups is 1. The van der Waals surface area contributed by atoms with Gasteiger partial charge in [0.15, 0.2) is 0 Å². The van der Waals surface area contributed by atoms with E-state index in [9.17, 15) is 4.79 Å². The molecule has 0 bridgehead atoms. The topological polar surface area (TPSA) is 71.3 Å². The summed E-state index contributed by atoms with van der Waals surface area (Å²) in [6.07, 6.45) is 3.42. The Balaban J connectivity index is 1.54. The SMILES string of the molecule is O=C(NN=Cc1cn(Cc2ccc(Cl)cc2Cl)nc1-c1ccccc1)Nc1ccccc1. The maximum atomic E-state index is 12.1. The van der Waals surface area contributed by atoms with Crippen LogP contribution in [0.4, 0.5) is 10.5 Å². The van der Waals surface area contributed by atoms with Gasteiger partial charge in [0.1, 0.15) is 5.69 Å². The highest BCUT2D eigenvalue weighted by atomic mass is 35.5. The van der Waals surface area contributed by atoms with Crippen LogP contribution in [0, 0.1) is 0 Å². The minimum atomic E-state index is -0.436. The number of para-hydroxylation sites is 1. The Morgan fingerprint density at radius 2 is 1.72 bits per heavy atom. The van der Waals surface area contributed by atoms with Crippen molar-refractivity contribution < 1.29 is 4.79 Å². The van der Waals surface area contributed by atoms with Crippen molar-refractivity contribution in [2.75, 3.05) is 5.32 Å². The lowest BCUT2D eigenvalue weighted by atomic mass is 10.1. The van der Waals surface area contributed by atoms with Crippen LogP contribution in [0.2, 0.25) is 10.0 Å². The van der Waals surface area contributed by atoms with E-state index in [2.05, 4.69) is 15.8 Å². The van der Waals surface area contributed by atoms with Crippen LogP contribution >= 0.6 is 23.2 Å². The molecular weight excluding hydrogens is 445 g/mol. The van der Waals surface area contributed by atoms with E-state index in [1.165, 1.54) is 0 Å². The van der Waals surface area contributed by atoms with Crippen LogP contribution in [0.1, 0.15) is 11.1 Å². The third-order valence-corrected chi connectivity index (χ3v) is 5.17. The Kier molecular flexibility index (Phi) is 6.84. The van der Waals surface area contributed by atoms with E-state index < -0.39 is 6.03 Å². The number of carbonyl (C=O) groups is 1. The summed E-state index contributed by atoms with van der Waals surface area (Å²) in [5.41, 5.74) is 6.47. The molecule has 6 nitrogen and oxygen atoms in total. The standard InChI is InChI=1S/C24H19Cl2N5O/c25-20-12-11-18(22(26)13-20)15-31-16-19(23(30-31)17-7-3-1-4-8-17)14-27-29-24(32)28-21-9-5-2-6-10-21/h1-14,16H,15H2,(H2,28,29,32). The third-order valence-electron chi connectivity index (χ3n) is 4.59. The molecule has 0 aliphatic carbocycles. The number of rotatable bonds is 6. The molecule has 8 heteroatoms. The summed E-state index contributed by atoms with van der Waals surface area (Å²) >= 11 is 12.3. The number of hydrazone groups is 1. The lowest BCUT2D eigenvalue weighted by molar-refractivity contribution is 0.252. The van der Waals surface area contributed by atoms with E-state index in [1.54, 1.807) is 35.2 Å². The van der Waals surface area contributed by atoms with Crippen molar-refractivity contribution in [2.24, 2.45) is 5.10 Å². The monoisotopic (exact) mass is 463 g/mol. The van der Waals surface area contributed by atoms with Gasteiger partial charge < -0.3 is 5.32 Å². The Morgan fingerprint density at radius 3 is 2.44 bits per heavy atom. The van der Waals surface area contributed by atoms with Crippen molar-refractivity contribution in [1.29, 1.82) is 0 Å². The number of nitrogens with zero attached hydrogens (tertiary/aromatic N) is 3. The van der Waals surface area contributed by atoms with Gasteiger partial charge in [0.25, 0.3) is 0 Å². The second-order valence-corrected chi connectivity index (χ2v) is 7.77. The normalized spacial score (nSPS) is 10.9. The van der Waals surface area contributed by atoms with E-state index in [4.69, 9.17) is 28.3 Å². The zero-order chi connectivity index (χ0) is 22.3. The molecule has 3 aromatic carbocycles. The van der Waals surface area contributed by atoms with Crippen LogP contribution in [0.3, 0.4) is 0 Å². The van der Waals surface area contributed by atoms with Crippen molar-refractivity contribution >= 4 is 41.1 Å². The molecule has 1 aromatic heterocycles. The van der Waals surface area contributed by atoms with Gasteiger partial charge in [-0.15, -0.1) is 0 Å². The maximum Gasteiger partial charge on any atom is 0.339 e. The van der Waals surface area contributed by atoms with Gasteiger partial charge in [0.05, 0.1) is 12.8 Å². The smallest absolute Gasteiger partial charge is 0.307 e. The van der Waals surface area contributed by atoms with E-state index in [1.807, 2.05) is 60.8 Å². The summed E-state index contributed by atoms with van der Waals surface area (Å²) in [5, 5.41) is 12.7. The second-order valence-electron chi connectivity index (χ2n) is 6.92. The second kappa shape index (κ2) is 10.1. The van der Waals surface area contributed by atoms with Gasteiger partial charge in [-0.3, -0.25) is 4.68 Å². The minimum Gasteiger partial charge on any atom is -0.307 e. The first-order valence-corrected chi connectivity index (χ1v) is 10.6. The summed E-state index contributed by atoms with van der Waals surface area (Å²) < 4.78 is 1.78. The van der Waals surface area contributed by atoms with E-state index in [-0.39, 0.29) is 0 Å². The quantitative estimate of drug-likeness (QED) is 0.269. The molecule has 0 saturated carbocycles. The fourth-order valence-electron chi connectivity index (χ4n) is 3.10. The summed E-state index contributed by atoms with van der Waals surface area (Å²) in [6.45, 7) is 0.464. The molecule has 0 unspecified atom stereocenters. The Bertz CT molecular complexity index is 1240. The van der Waals surface area contributed by atoms with Crippen LogP contribution in [-0.4, -0.2) is 22.0 Å². The molecule has 4 rings (SSSR count). The molecule has 0 saturated heterocycles. The van der Waals surface area contributed by atoms with Gasteiger partial charge in [-0.1, -0.05) is 77.8 Å². The predicted octanol–water partition coefficient (Wildman–Crippen LogP) is 6.06. The minimum absolute atomic E-state index is 0.436. The Morgan fingerprint density at radius 1 is 1.00 bits per heavy atom. The number of amides is 2. The number of nitrogens with one attached hydrogen (secondary N) is 2. The molecule has 0 fully saturated rings. The molecule has 160 valence electrons. The van der Waals surface area contributed by atoms with Gasteiger partial charge in [0.2, 0.25) is 0 Å². The van der Waals surface area contributed by atoms with Crippen molar-refractivity contribution in [3.63, 3.8) is 0 Å². The van der Waals surface area contributed by atoms with Crippen molar-refractivity contribution in [2.45, 2.75) is 6.54 Å². The highest BCUT2D eigenvalue weighted by Crippen LogP contribution is 2.24. The number of aromatic nitrogens is 2.